The van der Waals surface area contributed by atoms with Gasteiger partial charge in [0.25, 0.3) is 0 Å². The highest BCUT2D eigenvalue weighted by atomic mass is 32.2. The van der Waals surface area contributed by atoms with Crippen molar-refractivity contribution in [3.05, 3.63) is 0 Å². The van der Waals surface area contributed by atoms with Crippen LogP contribution in [0.25, 0.3) is 0 Å². The Labute approximate surface area is 88.3 Å². The molecule has 4 nitrogen and oxygen atoms in total. The number of hydrogen-bond acceptors (Lipinski definition) is 5. The summed E-state index contributed by atoms with van der Waals surface area (Å²) in [6.45, 7) is 3.83. The van der Waals surface area contributed by atoms with Crippen LogP contribution >= 0.6 is 11.8 Å². The van der Waals surface area contributed by atoms with Gasteiger partial charge < -0.3 is 20.1 Å². The van der Waals surface area contributed by atoms with E-state index in [4.69, 9.17) is 9.84 Å². The Balaban J connectivity index is 2.49. The smallest absolute Gasteiger partial charge is 0.110 e. The van der Waals surface area contributed by atoms with Gasteiger partial charge in [0.1, 0.15) is 17.6 Å². The molecule has 84 valence electrons. The molecule has 1 fully saturated rings. The lowest BCUT2D eigenvalue weighted by Crippen LogP contribution is -2.49. The molecule has 0 aliphatic carbocycles. The Morgan fingerprint density at radius 2 is 2.07 bits per heavy atom. The molecule has 1 aliphatic heterocycles. The molecule has 1 unspecified atom stereocenters. The van der Waals surface area contributed by atoms with Gasteiger partial charge in [0.15, 0.2) is 0 Å². The monoisotopic (exact) mass is 222 g/mol. The Morgan fingerprint density at radius 3 is 2.57 bits per heavy atom. The van der Waals surface area contributed by atoms with Gasteiger partial charge >= 0.3 is 0 Å². The van der Waals surface area contributed by atoms with Gasteiger partial charge in [-0.3, -0.25) is 0 Å². The van der Waals surface area contributed by atoms with Crippen molar-refractivity contribution in [2.24, 2.45) is 0 Å². The summed E-state index contributed by atoms with van der Waals surface area (Å²) in [6.07, 6.45) is -2.00. The maximum absolute atomic E-state index is 9.51. The predicted octanol–water partition coefficient (Wildman–Crippen LogP) is -0.0429. The molecule has 4 atom stereocenters. The topological polar surface area (TPSA) is 69.9 Å². The highest BCUT2D eigenvalue weighted by Crippen LogP contribution is 2.29. The fourth-order valence-corrected chi connectivity index (χ4v) is 2.58. The van der Waals surface area contributed by atoms with Gasteiger partial charge in [-0.05, 0) is 0 Å². The largest absolute Gasteiger partial charge is 0.394 e. The van der Waals surface area contributed by atoms with E-state index < -0.39 is 18.3 Å². The van der Waals surface area contributed by atoms with Crippen molar-refractivity contribution in [2.45, 2.75) is 49.3 Å². The molecule has 0 aromatic carbocycles. The summed E-state index contributed by atoms with van der Waals surface area (Å²) in [5.74, 6) is 0. The summed E-state index contributed by atoms with van der Waals surface area (Å²) in [5, 5.41) is 28.3. The van der Waals surface area contributed by atoms with E-state index >= 15 is 0 Å². The Kier molecular flexibility index (Phi) is 4.66. The molecule has 0 bridgehead atoms. The molecule has 0 amide bonds. The second-order valence-electron chi connectivity index (χ2n) is 3.77. The summed E-state index contributed by atoms with van der Waals surface area (Å²) >= 11 is 1.60. The summed E-state index contributed by atoms with van der Waals surface area (Å²) in [6, 6.07) is 0. The van der Waals surface area contributed by atoms with E-state index in [1.807, 2.05) is 13.8 Å². The Bertz CT molecular complexity index is 176. The molecule has 0 aromatic heterocycles. The van der Waals surface area contributed by atoms with Gasteiger partial charge in [-0.25, -0.2) is 0 Å². The standard InChI is InChI=1S/C9H18O4S/c1-5(2)14-8-3-6(11)9(12)7(4-10)13-8/h5-12H,3-4H2,1-2H3/t6-,7?,8+,9-/m1/s1. The van der Waals surface area contributed by atoms with Crippen LogP contribution in [0.1, 0.15) is 20.3 Å². The van der Waals surface area contributed by atoms with Crippen LogP contribution in [0.4, 0.5) is 0 Å². The first-order valence-electron chi connectivity index (χ1n) is 4.82. The molecule has 1 heterocycles. The van der Waals surface area contributed by atoms with Crippen molar-refractivity contribution in [1.82, 2.24) is 0 Å². The number of ether oxygens (including phenoxy) is 1. The summed E-state index contributed by atoms with van der Waals surface area (Å²) in [4.78, 5) is 0. The molecule has 14 heavy (non-hydrogen) atoms. The molecule has 0 spiro atoms. The maximum Gasteiger partial charge on any atom is 0.110 e. The van der Waals surface area contributed by atoms with Gasteiger partial charge in [-0.15, -0.1) is 11.8 Å². The minimum atomic E-state index is -0.969. The zero-order chi connectivity index (χ0) is 10.7. The molecular formula is C9H18O4S. The predicted molar refractivity (Wildman–Crippen MR) is 55.1 cm³/mol. The van der Waals surface area contributed by atoms with Gasteiger partial charge in [-0.1, -0.05) is 13.8 Å². The summed E-state index contributed by atoms with van der Waals surface area (Å²) in [7, 11) is 0. The average Bonchev–Trinajstić information content (AvgIpc) is 2.10. The van der Waals surface area contributed by atoms with E-state index in [1.165, 1.54) is 0 Å². The molecule has 1 rings (SSSR count). The minimum absolute atomic E-state index is 0.134. The van der Waals surface area contributed by atoms with Crippen LogP contribution in [-0.2, 0) is 4.74 Å². The molecule has 0 aromatic rings. The summed E-state index contributed by atoms with van der Waals surface area (Å²) < 4.78 is 5.43. The first kappa shape index (κ1) is 12.3. The molecule has 5 heteroatoms. The maximum atomic E-state index is 9.51. The number of aliphatic hydroxyl groups excluding tert-OH is 3. The third-order valence-corrected chi connectivity index (χ3v) is 3.29. The number of rotatable bonds is 3. The van der Waals surface area contributed by atoms with Crippen molar-refractivity contribution in [2.75, 3.05) is 6.61 Å². The summed E-state index contributed by atoms with van der Waals surface area (Å²) in [5.41, 5.74) is -0.134. The Morgan fingerprint density at radius 1 is 1.43 bits per heavy atom. The van der Waals surface area contributed by atoms with Crippen LogP contribution in [0.3, 0.4) is 0 Å². The first-order chi connectivity index (χ1) is 6.54. The van der Waals surface area contributed by atoms with E-state index in [-0.39, 0.29) is 12.0 Å². The van der Waals surface area contributed by atoms with E-state index in [0.717, 1.165) is 0 Å². The van der Waals surface area contributed by atoms with Gasteiger partial charge in [0, 0.05) is 11.7 Å². The molecular weight excluding hydrogens is 204 g/mol. The average molecular weight is 222 g/mol. The highest BCUT2D eigenvalue weighted by Gasteiger charge is 2.36. The lowest BCUT2D eigenvalue weighted by Gasteiger charge is -2.36. The normalized spacial score (nSPS) is 39.0. The fraction of sp³-hybridized carbons (Fsp3) is 1.00. The second-order valence-corrected chi connectivity index (χ2v) is 5.51. The SMILES string of the molecule is CC(C)S[C@H]1C[C@@H](O)[C@@H](O)C(CO)O1. The minimum Gasteiger partial charge on any atom is -0.394 e. The Hall–Kier alpha value is 0.190. The number of aliphatic hydroxyl groups is 3. The van der Waals surface area contributed by atoms with Crippen LogP contribution in [0.5, 0.6) is 0 Å². The van der Waals surface area contributed by atoms with Gasteiger partial charge in [0.2, 0.25) is 0 Å². The van der Waals surface area contributed by atoms with Crippen LogP contribution in [0.15, 0.2) is 0 Å². The molecule has 0 radical (unpaired) electrons. The highest BCUT2D eigenvalue weighted by molar-refractivity contribution is 8.00. The number of thioether (sulfide) groups is 1. The van der Waals surface area contributed by atoms with Crippen LogP contribution in [0.2, 0.25) is 0 Å². The van der Waals surface area contributed by atoms with Crippen molar-refractivity contribution in [1.29, 1.82) is 0 Å². The zero-order valence-electron chi connectivity index (χ0n) is 8.46. The zero-order valence-corrected chi connectivity index (χ0v) is 9.28. The van der Waals surface area contributed by atoms with E-state index in [0.29, 0.717) is 11.7 Å². The third-order valence-electron chi connectivity index (χ3n) is 2.14. The molecule has 0 saturated carbocycles. The third kappa shape index (κ3) is 3.10. The van der Waals surface area contributed by atoms with Crippen molar-refractivity contribution in [3.63, 3.8) is 0 Å². The van der Waals surface area contributed by atoms with E-state index in [1.54, 1.807) is 11.8 Å². The van der Waals surface area contributed by atoms with E-state index in [2.05, 4.69) is 0 Å². The van der Waals surface area contributed by atoms with Gasteiger partial charge in [0.05, 0.1) is 12.7 Å². The van der Waals surface area contributed by atoms with Gasteiger partial charge in [-0.2, -0.15) is 0 Å². The van der Waals surface area contributed by atoms with Crippen molar-refractivity contribution < 1.29 is 20.1 Å². The second kappa shape index (κ2) is 5.32. The van der Waals surface area contributed by atoms with Crippen molar-refractivity contribution in [3.8, 4) is 0 Å². The van der Waals surface area contributed by atoms with Crippen molar-refractivity contribution >= 4 is 11.8 Å². The lowest BCUT2D eigenvalue weighted by molar-refractivity contribution is -0.157. The van der Waals surface area contributed by atoms with E-state index in [9.17, 15) is 10.2 Å². The van der Waals surface area contributed by atoms with Crippen LogP contribution < -0.4 is 0 Å². The molecule has 1 saturated heterocycles. The van der Waals surface area contributed by atoms with Crippen LogP contribution in [0, 0.1) is 0 Å². The first-order valence-corrected chi connectivity index (χ1v) is 5.76. The number of hydrogen-bond donors (Lipinski definition) is 3. The molecule has 1 aliphatic rings. The lowest BCUT2D eigenvalue weighted by atomic mass is 10.0. The van der Waals surface area contributed by atoms with Crippen LogP contribution in [-0.4, -0.2) is 50.9 Å². The quantitative estimate of drug-likeness (QED) is 0.625. The molecule has 3 N–H and O–H groups in total. The fourth-order valence-electron chi connectivity index (χ4n) is 1.46.